The average Bonchev–Trinajstić information content (AvgIpc) is 2.88. The molecule has 102 valence electrons. The van der Waals surface area contributed by atoms with Gasteiger partial charge >= 0.3 is 0 Å². The molecule has 0 radical (unpaired) electrons. The van der Waals surface area contributed by atoms with Crippen molar-refractivity contribution >= 4 is 11.3 Å². The Morgan fingerprint density at radius 2 is 2.00 bits per heavy atom. The van der Waals surface area contributed by atoms with E-state index in [-0.39, 0.29) is 0 Å². The van der Waals surface area contributed by atoms with E-state index < -0.39 is 0 Å². The molecule has 0 spiro atoms. The minimum atomic E-state index is 0.782. The van der Waals surface area contributed by atoms with E-state index in [1.807, 2.05) is 13.0 Å². The zero-order valence-electron chi connectivity index (χ0n) is 11.6. The Hall–Kier alpha value is -1.40. The molecular weight excluding hydrogens is 258 g/mol. The van der Waals surface area contributed by atoms with Crippen LogP contribution in [-0.2, 0) is 13.0 Å². The highest BCUT2D eigenvalue weighted by Gasteiger charge is 2.12. The molecule has 0 amide bonds. The van der Waals surface area contributed by atoms with Gasteiger partial charge in [-0.15, -0.1) is 10.2 Å². The second-order valence-corrected chi connectivity index (χ2v) is 5.44. The highest BCUT2D eigenvalue weighted by atomic mass is 32.1. The molecule has 19 heavy (non-hydrogen) atoms. The van der Waals surface area contributed by atoms with E-state index in [9.17, 15) is 0 Å². The summed E-state index contributed by atoms with van der Waals surface area (Å²) in [4.78, 5) is 0. The van der Waals surface area contributed by atoms with Crippen molar-refractivity contribution in [2.45, 2.75) is 40.2 Å². The van der Waals surface area contributed by atoms with E-state index >= 15 is 0 Å². The SMILES string of the molecule is CCCNCc1nnc(-c2cc(C)nnc2CC)s1. The van der Waals surface area contributed by atoms with Gasteiger partial charge in [-0.2, -0.15) is 10.2 Å². The molecule has 0 atom stereocenters. The molecule has 0 saturated heterocycles. The van der Waals surface area contributed by atoms with Crippen LogP contribution in [0.1, 0.15) is 36.7 Å². The molecule has 5 nitrogen and oxygen atoms in total. The lowest BCUT2D eigenvalue weighted by molar-refractivity contribution is 0.668. The van der Waals surface area contributed by atoms with Crippen molar-refractivity contribution in [3.05, 3.63) is 22.5 Å². The van der Waals surface area contributed by atoms with Crippen LogP contribution in [0.15, 0.2) is 6.07 Å². The lowest BCUT2D eigenvalue weighted by Crippen LogP contribution is -2.13. The summed E-state index contributed by atoms with van der Waals surface area (Å²) in [6.45, 7) is 7.96. The zero-order valence-corrected chi connectivity index (χ0v) is 12.4. The van der Waals surface area contributed by atoms with Crippen molar-refractivity contribution in [1.82, 2.24) is 25.7 Å². The van der Waals surface area contributed by atoms with Crippen LogP contribution in [0.25, 0.3) is 10.6 Å². The predicted octanol–water partition coefficient (Wildman–Crippen LogP) is 2.37. The zero-order chi connectivity index (χ0) is 13.7. The van der Waals surface area contributed by atoms with Crippen LogP contribution >= 0.6 is 11.3 Å². The lowest BCUT2D eigenvalue weighted by Gasteiger charge is -2.02. The van der Waals surface area contributed by atoms with Crippen LogP contribution in [-0.4, -0.2) is 26.9 Å². The Kier molecular flexibility index (Phi) is 4.93. The number of rotatable bonds is 6. The summed E-state index contributed by atoms with van der Waals surface area (Å²) in [7, 11) is 0. The molecule has 0 aliphatic heterocycles. The summed E-state index contributed by atoms with van der Waals surface area (Å²) in [5.41, 5.74) is 2.96. The van der Waals surface area contributed by atoms with Gasteiger partial charge in [0.2, 0.25) is 0 Å². The number of aryl methyl sites for hydroxylation is 2. The monoisotopic (exact) mass is 277 g/mol. The van der Waals surface area contributed by atoms with Crippen molar-refractivity contribution in [2.24, 2.45) is 0 Å². The first-order valence-corrected chi connectivity index (χ1v) is 7.42. The quantitative estimate of drug-likeness (QED) is 0.821. The largest absolute Gasteiger partial charge is 0.310 e. The van der Waals surface area contributed by atoms with Crippen LogP contribution in [0, 0.1) is 6.92 Å². The van der Waals surface area contributed by atoms with Crippen LogP contribution in [0.4, 0.5) is 0 Å². The third-order valence-electron chi connectivity index (χ3n) is 2.73. The lowest BCUT2D eigenvalue weighted by atomic mass is 10.1. The fourth-order valence-electron chi connectivity index (χ4n) is 1.77. The Labute approximate surface area is 117 Å². The minimum Gasteiger partial charge on any atom is -0.310 e. The van der Waals surface area contributed by atoms with Crippen molar-refractivity contribution in [2.75, 3.05) is 6.54 Å². The van der Waals surface area contributed by atoms with Gasteiger partial charge in [0, 0.05) is 12.1 Å². The summed E-state index contributed by atoms with van der Waals surface area (Å²) in [6.07, 6.45) is 1.98. The molecule has 0 saturated carbocycles. The van der Waals surface area contributed by atoms with Gasteiger partial charge in [0.25, 0.3) is 0 Å². The van der Waals surface area contributed by atoms with Crippen molar-refractivity contribution in [3.63, 3.8) is 0 Å². The molecule has 2 rings (SSSR count). The van der Waals surface area contributed by atoms with E-state index in [0.717, 1.165) is 52.9 Å². The van der Waals surface area contributed by atoms with Gasteiger partial charge in [-0.05, 0) is 32.4 Å². The summed E-state index contributed by atoms with van der Waals surface area (Å²) in [5, 5.41) is 22.1. The maximum Gasteiger partial charge on any atom is 0.149 e. The molecule has 0 aliphatic carbocycles. The molecule has 2 aromatic heterocycles. The maximum atomic E-state index is 4.28. The van der Waals surface area contributed by atoms with E-state index in [0.29, 0.717) is 0 Å². The van der Waals surface area contributed by atoms with Gasteiger partial charge in [-0.25, -0.2) is 0 Å². The van der Waals surface area contributed by atoms with Crippen LogP contribution in [0.5, 0.6) is 0 Å². The third kappa shape index (κ3) is 3.54. The first-order valence-electron chi connectivity index (χ1n) is 6.61. The normalized spacial score (nSPS) is 10.9. The van der Waals surface area contributed by atoms with Gasteiger partial charge in [-0.1, -0.05) is 25.2 Å². The fourth-order valence-corrected chi connectivity index (χ4v) is 2.61. The molecule has 0 aromatic carbocycles. The maximum absolute atomic E-state index is 4.28. The Balaban J connectivity index is 2.20. The Bertz CT molecular complexity index is 538. The van der Waals surface area contributed by atoms with E-state index in [4.69, 9.17) is 0 Å². The second-order valence-electron chi connectivity index (χ2n) is 4.38. The summed E-state index contributed by atoms with van der Waals surface area (Å²) >= 11 is 1.62. The topological polar surface area (TPSA) is 63.6 Å². The van der Waals surface area contributed by atoms with Gasteiger partial charge in [0.1, 0.15) is 10.0 Å². The highest BCUT2D eigenvalue weighted by Crippen LogP contribution is 2.26. The van der Waals surface area contributed by atoms with E-state index in [1.165, 1.54) is 0 Å². The number of aromatic nitrogens is 4. The third-order valence-corrected chi connectivity index (χ3v) is 3.68. The standard InChI is InChI=1S/C13H19N5S/c1-4-6-14-8-12-17-18-13(19-12)10-7-9(3)15-16-11(10)5-2/h7,14H,4-6,8H2,1-3H3. The smallest absolute Gasteiger partial charge is 0.149 e. The predicted molar refractivity (Wildman–Crippen MR) is 77.0 cm³/mol. The first-order chi connectivity index (χ1) is 9.24. The van der Waals surface area contributed by atoms with Crippen molar-refractivity contribution in [1.29, 1.82) is 0 Å². The summed E-state index contributed by atoms with van der Waals surface area (Å²) in [6, 6.07) is 2.04. The molecule has 0 unspecified atom stereocenters. The molecule has 0 bridgehead atoms. The van der Waals surface area contributed by atoms with E-state index in [1.54, 1.807) is 11.3 Å². The molecule has 0 aliphatic rings. The molecular formula is C13H19N5S. The highest BCUT2D eigenvalue weighted by molar-refractivity contribution is 7.14. The molecule has 0 fully saturated rings. The van der Waals surface area contributed by atoms with Gasteiger partial charge in [0.05, 0.1) is 11.4 Å². The van der Waals surface area contributed by atoms with Crippen LogP contribution < -0.4 is 5.32 Å². The Morgan fingerprint density at radius 3 is 2.74 bits per heavy atom. The fraction of sp³-hybridized carbons (Fsp3) is 0.538. The van der Waals surface area contributed by atoms with Crippen molar-refractivity contribution < 1.29 is 0 Å². The number of nitrogens with zero attached hydrogens (tertiary/aromatic N) is 4. The molecule has 2 heterocycles. The summed E-state index contributed by atoms with van der Waals surface area (Å²) < 4.78 is 0. The number of nitrogens with one attached hydrogen (secondary N) is 1. The molecule has 6 heteroatoms. The van der Waals surface area contributed by atoms with Crippen LogP contribution in [0.2, 0.25) is 0 Å². The summed E-state index contributed by atoms with van der Waals surface area (Å²) in [5.74, 6) is 0. The molecule has 1 N–H and O–H groups in total. The second kappa shape index (κ2) is 6.68. The van der Waals surface area contributed by atoms with Gasteiger partial charge in [0.15, 0.2) is 0 Å². The first kappa shape index (κ1) is 14.0. The van der Waals surface area contributed by atoms with Crippen LogP contribution in [0.3, 0.4) is 0 Å². The Morgan fingerprint density at radius 1 is 1.16 bits per heavy atom. The van der Waals surface area contributed by atoms with Gasteiger partial charge < -0.3 is 5.32 Å². The van der Waals surface area contributed by atoms with E-state index in [2.05, 4.69) is 39.6 Å². The molecule has 2 aromatic rings. The van der Waals surface area contributed by atoms with Crippen molar-refractivity contribution in [3.8, 4) is 10.6 Å². The average molecular weight is 277 g/mol. The minimum absolute atomic E-state index is 0.782. The number of hydrogen-bond acceptors (Lipinski definition) is 6. The van der Waals surface area contributed by atoms with Gasteiger partial charge in [-0.3, -0.25) is 0 Å². The number of hydrogen-bond donors (Lipinski definition) is 1.